The molecule has 1 amide bonds. The minimum atomic E-state index is -3.69. The molecular weight excluding hydrogens is 356 g/mol. The number of hydrogen-bond acceptors (Lipinski definition) is 5. The van der Waals surface area contributed by atoms with Gasteiger partial charge in [0.15, 0.2) is 5.76 Å². The van der Waals surface area contributed by atoms with Crippen molar-refractivity contribution in [3.63, 3.8) is 0 Å². The molecule has 0 unspecified atom stereocenters. The third-order valence-electron chi connectivity index (χ3n) is 4.18. The summed E-state index contributed by atoms with van der Waals surface area (Å²) in [7, 11) is -3.69. The zero-order chi connectivity index (χ0) is 18.6. The van der Waals surface area contributed by atoms with Crippen molar-refractivity contribution in [3.05, 3.63) is 42.4 Å². The molecule has 0 atom stereocenters. The number of furan rings is 1. The van der Waals surface area contributed by atoms with E-state index >= 15 is 0 Å². The van der Waals surface area contributed by atoms with Crippen molar-refractivity contribution in [2.24, 2.45) is 0 Å². The number of anilines is 1. The highest BCUT2D eigenvalue weighted by Gasteiger charge is 2.29. The summed E-state index contributed by atoms with van der Waals surface area (Å²) in [5.74, 6) is -0.00567. The van der Waals surface area contributed by atoms with Gasteiger partial charge in [-0.3, -0.25) is 4.79 Å². The number of nitrogens with one attached hydrogen (secondary N) is 1. The van der Waals surface area contributed by atoms with Crippen LogP contribution in [0.2, 0.25) is 0 Å². The summed E-state index contributed by atoms with van der Waals surface area (Å²) in [4.78, 5) is 12.2. The lowest BCUT2D eigenvalue weighted by molar-refractivity contribution is 0.0996. The molecule has 1 aliphatic rings. The van der Waals surface area contributed by atoms with Crippen LogP contribution in [0, 0.1) is 0 Å². The number of carbonyl (C=O) groups excluding carboxylic acids is 1. The Bertz CT molecular complexity index is 856. The first-order valence-corrected chi connectivity index (χ1v) is 10.1. The summed E-state index contributed by atoms with van der Waals surface area (Å²) in [6.45, 7) is 3.14. The highest BCUT2D eigenvalue weighted by molar-refractivity contribution is 7.89. The van der Waals surface area contributed by atoms with Gasteiger partial charge in [0.25, 0.3) is 5.91 Å². The molecule has 0 saturated carbocycles. The summed E-state index contributed by atoms with van der Waals surface area (Å²) >= 11 is 0. The summed E-state index contributed by atoms with van der Waals surface area (Å²) in [5, 5.41) is 2.66. The van der Waals surface area contributed by atoms with Crippen LogP contribution < -0.4 is 10.1 Å². The maximum absolute atomic E-state index is 13.1. The van der Waals surface area contributed by atoms with Crippen molar-refractivity contribution in [1.82, 2.24) is 4.31 Å². The number of ether oxygens (including phenoxy) is 1. The van der Waals surface area contributed by atoms with Gasteiger partial charge in [-0.15, -0.1) is 0 Å². The Morgan fingerprint density at radius 3 is 2.65 bits per heavy atom. The lowest BCUT2D eigenvalue weighted by Crippen LogP contribution is -2.35. The molecule has 1 fully saturated rings. The molecule has 1 N–H and O–H groups in total. The Balaban J connectivity index is 1.92. The lowest BCUT2D eigenvalue weighted by Gasteiger charge is -2.27. The van der Waals surface area contributed by atoms with E-state index in [0.29, 0.717) is 25.4 Å². The number of sulfonamides is 1. The zero-order valence-corrected chi connectivity index (χ0v) is 15.4. The fraction of sp³-hybridized carbons (Fsp3) is 0.389. The predicted octanol–water partition coefficient (Wildman–Crippen LogP) is 3.11. The van der Waals surface area contributed by atoms with Crippen LogP contribution in [0.4, 0.5) is 5.69 Å². The largest absolute Gasteiger partial charge is 0.492 e. The van der Waals surface area contributed by atoms with Crippen LogP contribution in [-0.4, -0.2) is 38.3 Å². The number of benzene rings is 1. The number of piperidine rings is 1. The molecule has 3 rings (SSSR count). The van der Waals surface area contributed by atoms with Gasteiger partial charge < -0.3 is 14.5 Å². The average molecular weight is 378 g/mol. The van der Waals surface area contributed by atoms with Crippen LogP contribution in [-0.2, 0) is 10.0 Å². The van der Waals surface area contributed by atoms with Crippen molar-refractivity contribution < 1.29 is 22.4 Å². The number of rotatable bonds is 6. The van der Waals surface area contributed by atoms with E-state index in [1.54, 1.807) is 25.1 Å². The molecule has 1 aliphatic heterocycles. The topological polar surface area (TPSA) is 88.8 Å². The van der Waals surface area contributed by atoms with E-state index in [1.807, 2.05) is 0 Å². The first-order valence-electron chi connectivity index (χ1n) is 8.64. The molecule has 1 aromatic heterocycles. The second kappa shape index (κ2) is 7.92. The Hall–Kier alpha value is -2.32. The third-order valence-corrected chi connectivity index (χ3v) is 6.10. The molecule has 26 heavy (non-hydrogen) atoms. The van der Waals surface area contributed by atoms with Gasteiger partial charge in [0, 0.05) is 18.8 Å². The molecule has 140 valence electrons. The highest BCUT2D eigenvalue weighted by atomic mass is 32.2. The van der Waals surface area contributed by atoms with Crippen LogP contribution in [0.1, 0.15) is 36.7 Å². The van der Waals surface area contributed by atoms with E-state index < -0.39 is 15.9 Å². The van der Waals surface area contributed by atoms with E-state index in [0.717, 1.165) is 19.3 Å². The minimum Gasteiger partial charge on any atom is -0.492 e. The van der Waals surface area contributed by atoms with Gasteiger partial charge in [-0.2, -0.15) is 4.31 Å². The molecule has 2 aromatic rings. The third kappa shape index (κ3) is 3.91. The molecule has 0 bridgehead atoms. The number of carbonyl (C=O) groups is 1. The van der Waals surface area contributed by atoms with Gasteiger partial charge in [-0.25, -0.2) is 8.42 Å². The predicted molar refractivity (Wildman–Crippen MR) is 96.9 cm³/mol. The van der Waals surface area contributed by atoms with Crippen molar-refractivity contribution in [1.29, 1.82) is 0 Å². The summed E-state index contributed by atoms with van der Waals surface area (Å²) < 4.78 is 38.2. The van der Waals surface area contributed by atoms with Crippen molar-refractivity contribution in [3.8, 4) is 5.75 Å². The first-order chi connectivity index (χ1) is 12.5. The minimum absolute atomic E-state index is 0.0681. The lowest BCUT2D eigenvalue weighted by atomic mass is 10.2. The fourth-order valence-corrected chi connectivity index (χ4v) is 4.58. The van der Waals surface area contributed by atoms with E-state index in [4.69, 9.17) is 9.15 Å². The summed E-state index contributed by atoms with van der Waals surface area (Å²) in [6.07, 6.45) is 4.12. The monoisotopic (exact) mass is 378 g/mol. The van der Waals surface area contributed by atoms with Gasteiger partial charge >= 0.3 is 0 Å². The standard InChI is InChI=1S/C18H22N2O5S/c1-2-24-15-9-8-14(19-18(21)16-7-6-12-25-16)13-17(15)26(22,23)20-10-4-3-5-11-20/h6-9,12-13H,2-5,10-11H2,1H3,(H,19,21). The van der Waals surface area contributed by atoms with E-state index in [2.05, 4.69) is 5.32 Å². The molecular formula is C18H22N2O5S. The summed E-state index contributed by atoms with van der Waals surface area (Å²) in [6, 6.07) is 7.77. The van der Waals surface area contributed by atoms with Crippen LogP contribution in [0.25, 0.3) is 0 Å². The van der Waals surface area contributed by atoms with Crippen molar-refractivity contribution >= 4 is 21.6 Å². The van der Waals surface area contributed by atoms with Gasteiger partial charge in [-0.1, -0.05) is 6.42 Å². The Morgan fingerprint density at radius 2 is 2.00 bits per heavy atom. The van der Waals surface area contributed by atoms with Gasteiger partial charge in [0.05, 0.1) is 12.9 Å². The number of nitrogens with zero attached hydrogens (tertiary/aromatic N) is 1. The Morgan fingerprint density at radius 1 is 1.23 bits per heavy atom. The molecule has 0 aliphatic carbocycles. The van der Waals surface area contributed by atoms with Crippen LogP contribution in [0.3, 0.4) is 0 Å². The molecule has 2 heterocycles. The highest BCUT2D eigenvalue weighted by Crippen LogP contribution is 2.31. The van der Waals surface area contributed by atoms with E-state index in [9.17, 15) is 13.2 Å². The van der Waals surface area contributed by atoms with Crippen molar-refractivity contribution in [2.75, 3.05) is 25.0 Å². The molecule has 7 nitrogen and oxygen atoms in total. The number of amides is 1. The average Bonchev–Trinajstić information content (AvgIpc) is 3.19. The SMILES string of the molecule is CCOc1ccc(NC(=O)c2ccco2)cc1S(=O)(=O)N1CCCCC1. The molecule has 1 aromatic carbocycles. The van der Waals surface area contributed by atoms with Crippen molar-refractivity contribution in [2.45, 2.75) is 31.1 Å². The first kappa shape index (κ1) is 18.5. The number of hydrogen-bond donors (Lipinski definition) is 1. The van der Waals surface area contributed by atoms with Crippen LogP contribution in [0.5, 0.6) is 5.75 Å². The normalized spacial score (nSPS) is 15.6. The molecule has 8 heteroatoms. The summed E-state index contributed by atoms with van der Waals surface area (Å²) in [5.41, 5.74) is 0.366. The molecule has 0 spiro atoms. The second-order valence-corrected chi connectivity index (χ2v) is 7.90. The smallest absolute Gasteiger partial charge is 0.291 e. The molecule has 1 saturated heterocycles. The quantitative estimate of drug-likeness (QED) is 0.834. The Kier molecular flexibility index (Phi) is 5.63. The van der Waals surface area contributed by atoms with E-state index in [-0.39, 0.29) is 16.4 Å². The fourth-order valence-electron chi connectivity index (χ4n) is 2.91. The van der Waals surface area contributed by atoms with Gasteiger partial charge in [0.2, 0.25) is 10.0 Å². The maximum atomic E-state index is 13.1. The molecule has 0 radical (unpaired) electrons. The second-order valence-electron chi connectivity index (χ2n) is 5.99. The maximum Gasteiger partial charge on any atom is 0.291 e. The zero-order valence-electron chi connectivity index (χ0n) is 14.6. The Labute approximate surface area is 153 Å². The van der Waals surface area contributed by atoms with E-state index in [1.165, 1.54) is 22.7 Å². The van der Waals surface area contributed by atoms with Gasteiger partial charge in [-0.05, 0) is 50.1 Å². The van der Waals surface area contributed by atoms with Gasteiger partial charge in [0.1, 0.15) is 10.6 Å². The van der Waals surface area contributed by atoms with Crippen LogP contribution in [0.15, 0.2) is 45.9 Å². The van der Waals surface area contributed by atoms with Crippen LogP contribution >= 0.6 is 0 Å².